The number of hydrogen-bond donors (Lipinski definition) is 4. The number of halogens is 2. The number of benzene rings is 1. The van der Waals surface area contributed by atoms with Crippen LogP contribution in [-0.4, -0.2) is 28.6 Å². The zero-order chi connectivity index (χ0) is 14.6. The smallest absolute Gasteiger partial charge is 0.305 e. The number of phenolic OH excluding ortho intramolecular Hbond substituents is 1. The van der Waals surface area contributed by atoms with Gasteiger partial charge in [0.15, 0.2) is 0 Å². The maximum Gasteiger partial charge on any atom is 0.305 e. The van der Waals surface area contributed by atoms with E-state index >= 15 is 0 Å². The average molecular weight is 352 g/mol. The van der Waals surface area contributed by atoms with Crippen LogP contribution in [0.3, 0.4) is 0 Å². The molecule has 0 aliphatic carbocycles. The third-order valence-corrected chi connectivity index (χ3v) is 3.16. The monoisotopic (exact) mass is 350 g/mol. The maximum atomic E-state index is 11.3. The first kappa shape index (κ1) is 15.7. The molecule has 1 amide bonds. The van der Waals surface area contributed by atoms with Crippen molar-refractivity contribution in [2.24, 2.45) is 5.73 Å². The Morgan fingerprint density at radius 2 is 2.11 bits per heavy atom. The molecule has 0 aliphatic heterocycles. The minimum absolute atomic E-state index is 0.173. The number of carboxylic acid groups (broad SMARTS) is 1. The van der Waals surface area contributed by atoms with Gasteiger partial charge >= 0.3 is 5.97 Å². The van der Waals surface area contributed by atoms with E-state index in [-0.39, 0.29) is 17.9 Å². The molecule has 0 fully saturated rings. The van der Waals surface area contributed by atoms with E-state index < -0.39 is 24.3 Å². The molecule has 0 radical (unpaired) electrons. The van der Waals surface area contributed by atoms with Gasteiger partial charge in [-0.05, 0) is 28.1 Å². The lowest BCUT2D eigenvalue weighted by atomic mass is 10.0. The molecule has 0 saturated heterocycles. The zero-order valence-corrected chi connectivity index (χ0v) is 12.0. The number of rotatable bonds is 5. The molecular formula is C11H12BrClN2O4. The molecule has 0 spiro atoms. The second kappa shape index (κ2) is 6.74. The van der Waals surface area contributed by atoms with Crippen LogP contribution >= 0.6 is 27.5 Å². The largest absolute Gasteiger partial charge is 0.506 e. The van der Waals surface area contributed by atoms with Gasteiger partial charge in [0.05, 0.1) is 23.5 Å². The van der Waals surface area contributed by atoms with Crippen LogP contribution in [0.4, 0.5) is 0 Å². The number of aromatic hydroxyl groups is 1. The molecule has 19 heavy (non-hydrogen) atoms. The van der Waals surface area contributed by atoms with E-state index in [1.54, 1.807) is 0 Å². The molecule has 1 atom stereocenters. The summed E-state index contributed by atoms with van der Waals surface area (Å²) in [6.45, 7) is -0.279. The van der Waals surface area contributed by atoms with Crippen LogP contribution in [0.2, 0.25) is 5.02 Å². The highest BCUT2D eigenvalue weighted by Gasteiger charge is 2.22. The predicted molar refractivity (Wildman–Crippen MR) is 73.0 cm³/mol. The molecule has 1 aromatic carbocycles. The Morgan fingerprint density at radius 1 is 1.47 bits per heavy atom. The summed E-state index contributed by atoms with van der Waals surface area (Å²) in [5.41, 5.74) is 5.38. The van der Waals surface area contributed by atoms with Crippen LogP contribution in [-0.2, 0) is 9.59 Å². The minimum Gasteiger partial charge on any atom is -0.506 e. The number of aliphatic carboxylic acids is 1. The number of hydrogen-bond acceptors (Lipinski definition) is 4. The van der Waals surface area contributed by atoms with Gasteiger partial charge in [0.2, 0.25) is 5.91 Å². The second-order valence-electron chi connectivity index (χ2n) is 3.75. The molecule has 0 heterocycles. The Labute approximate surface area is 122 Å². The van der Waals surface area contributed by atoms with Crippen molar-refractivity contribution >= 4 is 39.4 Å². The molecule has 1 unspecified atom stereocenters. The van der Waals surface area contributed by atoms with E-state index in [9.17, 15) is 14.7 Å². The summed E-state index contributed by atoms with van der Waals surface area (Å²) in [4.78, 5) is 22.1. The van der Waals surface area contributed by atoms with E-state index in [2.05, 4.69) is 21.2 Å². The fourth-order valence-corrected chi connectivity index (χ4v) is 2.35. The Bertz CT molecular complexity index is 510. The molecule has 1 aromatic rings. The molecule has 6 nitrogen and oxygen atoms in total. The van der Waals surface area contributed by atoms with Gasteiger partial charge in [0.25, 0.3) is 0 Å². The van der Waals surface area contributed by atoms with Crippen molar-refractivity contribution in [2.75, 3.05) is 6.54 Å². The van der Waals surface area contributed by atoms with Gasteiger partial charge in [0.1, 0.15) is 5.75 Å². The summed E-state index contributed by atoms with van der Waals surface area (Å²) in [6.07, 6.45) is -0.397. The van der Waals surface area contributed by atoms with Gasteiger partial charge in [0, 0.05) is 10.6 Å². The third-order valence-electron chi connectivity index (χ3n) is 2.33. The number of carbonyl (C=O) groups excluding carboxylic acids is 1. The fourth-order valence-electron chi connectivity index (χ4n) is 1.52. The summed E-state index contributed by atoms with van der Waals surface area (Å²) in [5, 5.41) is 21.5. The van der Waals surface area contributed by atoms with Crippen molar-refractivity contribution < 1.29 is 19.8 Å². The maximum absolute atomic E-state index is 11.3. The molecule has 0 saturated carbocycles. The highest BCUT2D eigenvalue weighted by molar-refractivity contribution is 9.10. The van der Waals surface area contributed by atoms with Crippen LogP contribution in [0, 0.1) is 0 Å². The average Bonchev–Trinajstić information content (AvgIpc) is 2.32. The Morgan fingerprint density at radius 3 is 2.63 bits per heavy atom. The summed E-state index contributed by atoms with van der Waals surface area (Å²) < 4.78 is 0.312. The van der Waals surface area contributed by atoms with Gasteiger partial charge in [-0.25, -0.2) is 0 Å². The van der Waals surface area contributed by atoms with E-state index in [1.165, 1.54) is 12.1 Å². The number of nitrogens with two attached hydrogens (primary N) is 1. The van der Waals surface area contributed by atoms with Crippen LogP contribution in [0.1, 0.15) is 18.0 Å². The molecule has 0 aliphatic rings. The highest BCUT2D eigenvalue weighted by Crippen LogP contribution is 2.36. The molecule has 5 N–H and O–H groups in total. The lowest BCUT2D eigenvalue weighted by Gasteiger charge is -2.19. The molecular weight excluding hydrogens is 339 g/mol. The van der Waals surface area contributed by atoms with Crippen LogP contribution < -0.4 is 11.1 Å². The van der Waals surface area contributed by atoms with Crippen molar-refractivity contribution in [3.8, 4) is 5.75 Å². The third kappa shape index (κ3) is 4.38. The molecule has 1 rings (SSSR count). The van der Waals surface area contributed by atoms with E-state index in [4.69, 9.17) is 22.4 Å². The van der Waals surface area contributed by atoms with E-state index in [0.717, 1.165) is 0 Å². The minimum atomic E-state index is -1.13. The van der Waals surface area contributed by atoms with Gasteiger partial charge in [-0.3, -0.25) is 9.59 Å². The molecule has 8 heteroatoms. The Balaban J connectivity index is 3.16. The SMILES string of the molecule is NCC(=O)NC(CC(=O)O)c1cc(Cl)cc(Br)c1O. The fraction of sp³-hybridized carbons (Fsp3) is 0.273. The van der Waals surface area contributed by atoms with E-state index in [0.29, 0.717) is 9.50 Å². The summed E-state index contributed by atoms with van der Waals surface area (Å²) in [6, 6.07) is 1.94. The summed E-state index contributed by atoms with van der Waals surface area (Å²) in [5.74, 6) is -1.83. The number of nitrogens with one attached hydrogen (secondary N) is 1. The topological polar surface area (TPSA) is 113 Å². The number of phenols is 1. The number of amides is 1. The van der Waals surface area contributed by atoms with Crippen LogP contribution in [0.15, 0.2) is 16.6 Å². The highest BCUT2D eigenvalue weighted by atomic mass is 79.9. The lowest BCUT2D eigenvalue weighted by Crippen LogP contribution is -2.34. The first-order valence-electron chi connectivity index (χ1n) is 5.24. The molecule has 0 bridgehead atoms. The second-order valence-corrected chi connectivity index (χ2v) is 5.04. The summed E-state index contributed by atoms with van der Waals surface area (Å²) >= 11 is 8.94. The first-order valence-corrected chi connectivity index (χ1v) is 6.41. The predicted octanol–water partition coefficient (Wildman–Crippen LogP) is 1.40. The van der Waals surface area contributed by atoms with Crippen LogP contribution in [0.25, 0.3) is 0 Å². The van der Waals surface area contributed by atoms with Gasteiger partial charge in [-0.1, -0.05) is 11.6 Å². The quantitative estimate of drug-likeness (QED) is 0.640. The van der Waals surface area contributed by atoms with Gasteiger partial charge in [-0.15, -0.1) is 0 Å². The zero-order valence-electron chi connectivity index (χ0n) is 9.69. The molecule has 0 aromatic heterocycles. The van der Waals surface area contributed by atoms with Crippen molar-refractivity contribution in [1.82, 2.24) is 5.32 Å². The normalized spacial score (nSPS) is 11.9. The number of carboxylic acids is 1. The van der Waals surface area contributed by atoms with Crippen LogP contribution in [0.5, 0.6) is 5.75 Å². The van der Waals surface area contributed by atoms with Gasteiger partial charge < -0.3 is 21.3 Å². The first-order chi connectivity index (χ1) is 8.85. The lowest BCUT2D eigenvalue weighted by molar-refractivity contribution is -0.137. The van der Waals surface area contributed by atoms with Crippen molar-refractivity contribution in [3.05, 3.63) is 27.2 Å². The van der Waals surface area contributed by atoms with Crippen molar-refractivity contribution in [3.63, 3.8) is 0 Å². The van der Waals surface area contributed by atoms with Crippen molar-refractivity contribution in [1.29, 1.82) is 0 Å². The van der Waals surface area contributed by atoms with E-state index in [1.807, 2.05) is 0 Å². The van der Waals surface area contributed by atoms with Crippen molar-refractivity contribution in [2.45, 2.75) is 12.5 Å². The van der Waals surface area contributed by atoms with Gasteiger partial charge in [-0.2, -0.15) is 0 Å². The number of carbonyl (C=O) groups is 2. The Hall–Kier alpha value is -1.31. The Kier molecular flexibility index (Phi) is 5.59. The standard InChI is InChI=1S/C11H12BrClN2O4/c12-7-2-5(13)1-6(11(7)19)8(3-10(17)18)15-9(16)4-14/h1-2,8,19H,3-4,14H2,(H,15,16)(H,17,18). The molecule has 104 valence electrons. The summed E-state index contributed by atoms with van der Waals surface area (Å²) in [7, 11) is 0.